The Bertz CT molecular complexity index is 1370. The smallest absolute Gasteiger partial charge is 0.136 e. The topological polar surface area (TPSA) is 128 Å². The summed E-state index contributed by atoms with van der Waals surface area (Å²) in [6.07, 6.45) is 3.68. The summed E-state index contributed by atoms with van der Waals surface area (Å²) in [5, 5.41) is 0. The van der Waals surface area contributed by atoms with Gasteiger partial charge in [-0.05, 0) is 75.6 Å². The van der Waals surface area contributed by atoms with Crippen LogP contribution in [0.25, 0.3) is 33.6 Å². The Morgan fingerprint density at radius 2 is 0.864 bits per heavy atom. The van der Waals surface area contributed by atoms with Crippen molar-refractivity contribution in [3.05, 3.63) is 72.6 Å². The quantitative estimate of drug-likeness (QED) is 0.125. The van der Waals surface area contributed by atoms with E-state index in [1.54, 1.807) is 0 Å². The molecule has 4 rings (SSSR count). The summed E-state index contributed by atoms with van der Waals surface area (Å²) < 4.78 is 31.3. The van der Waals surface area contributed by atoms with Crippen molar-refractivity contribution < 1.29 is 9.11 Å². The molecule has 0 aliphatic heterocycles. The molecule has 4 atom stereocenters. The van der Waals surface area contributed by atoms with E-state index < -0.39 is 22.7 Å². The molecule has 0 saturated carbocycles. The molecule has 0 aliphatic rings. The van der Waals surface area contributed by atoms with Crippen LogP contribution in [0, 0.1) is 11.8 Å². The normalized spacial score (nSPS) is 15.5. The summed E-state index contributed by atoms with van der Waals surface area (Å²) in [4.78, 5) is 16.2. The second kappa shape index (κ2) is 13.8. The Labute approximate surface area is 269 Å². The first kappa shape index (κ1) is 34.3. The summed E-state index contributed by atoms with van der Waals surface area (Å²) in [5.74, 6) is 2.00. The van der Waals surface area contributed by atoms with E-state index in [1.165, 1.54) is 0 Å². The van der Waals surface area contributed by atoms with E-state index >= 15 is 0 Å². The predicted molar refractivity (Wildman–Crippen MR) is 184 cm³/mol. The Morgan fingerprint density at radius 3 is 1.14 bits per heavy atom. The first-order valence-corrected chi connectivity index (χ1v) is 17.5. The minimum absolute atomic E-state index is 0.146. The van der Waals surface area contributed by atoms with Gasteiger partial charge < -0.3 is 19.1 Å². The first-order chi connectivity index (χ1) is 20.5. The summed E-state index contributed by atoms with van der Waals surface area (Å²) in [5.41, 5.74) is 6.14. The second-order valence-corrected chi connectivity index (χ2v) is 18.0. The maximum atomic E-state index is 12.8. The monoisotopic (exact) mass is 636 g/mol. The number of rotatable bonds is 11. The summed E-state index contributed by atoms with van der Waals surface area (Å²) in [6.45, 7) is 20.2. The molecule has 2 heterocycles. The molecule has 10 heteroatoms. The molecule has 2 unspecified atom stereocenters. The molecule has 0 bridgehead atoms. The van der Waals surface area contributed by atoms with Crippen molar-refractivity contribution >= 4 is 22.7 Å². The van der Waals surface area contributed by atoms with Gasteiger partial charge in [-0.15, -0.1) is 9.44 Å². The largest absolute Gasteiger partial charge is 0.598 e. The van der Waals surface area contributed by atoms with Crippen molar-refractivity contribution in [1.82, 2.24) is 29.4 Å². The molecule has 0 aliphatic carbocycles. The molecule has 2 aromatic carbocycles. The van der Waals surface area contributed by atoms with E-state index in [1.807, 2.05) is 53.9 Å². The van der Waals surface area contributed by atoms with Gasteiger partial charge in [0.25, 0.3) is 0 Å². The third kappa shape index (κ3) is 8.35. The number of aromatic nitrogens is 4. The molecule has 0 radical (unpaired) electrons. The highest BCUT2D eigenvalue weighted by Gasteiger charge is 2.33. The van der Waals surface area contributed by atoms with Gasteiger partial charge in [-0.1, -0.05) is 76.2 Å². The van der Waals surface area contributed by atoms with Gasteiger partial charge in [0.2, 0.25) is 0 Å². The average molecular weight is 637 g/mol. The number of hydrogen-bond acceptors (Lipinski definition) is 6. The summed E-state index contributed by atoms with van der Waals surface area (Å²) in [7, 11) is 0. The highest BCUT2D eigenvalue weighted by atomic mass is 32.2. The number of imidazole rings is 2. The lowest BCUT2D eigenvalue weighted by Crippen LogP contribution is -2.43. The maximum absolute atomic E-state index is 12.8. The van der Waals surface area contributed by atoms with E-state index in [9.17, 15) is 9.11 Å². The van der Waals surface area contributed by atoms with Crippen LogP contribution in [0.15, 0.2) is 60.9 Å². The van der Waals surface area contributed by atoms with E-state index in [0.29, 0.717) is 0 Å². The van der Waals surface area contributed by atoms with Gasteiger partial charge in [0.15, 0.2) is 0 Å². The van der Waals surface area contributed by atoms with Crippen LogP contribution in [0.4, 0.5) is 0 Å². The maximum Gasteiger partial charge on any atom is 0.136 e. The first-order valence-electron chi connectivity index (χ1n) is 15.2. The van der Waals surface area contributed by atoms with E-state index in [0.717, 1.165) is 45.3 Å². The van der Waals surface area contributed by atoms with Crippen molar-refractivity contribution in [2.45, 2.75) is 90.8 Å². The lowest BCUT2D eigenvalue weighted by atomic mass is 10.0. The van der Waals surface area contributed by atoms with Crippen LogP contribution in [-0.2, 0) is 22.7 Å². The Balaban J connectivity index is 1.46. The molecule has 0 spiro atoms. The van der Waals surface area contributed by atoms with Crippen LogP contribution >= 0.6 is 0 Å². The molecule has 238 valence electrons. The SMILES string of the molecule is CC(C)[C@H](N[S+]([O-])C(C)(C)C)c1ncc(-c2ccc(-c3ccc(-c4cnc([C@@H](N[S+]([O-])C(C)(C)C)C(C)C)[nH]4)cc3)cc2)[nH]1. The zero-order chi connectivity index (χ0) is 32.4. The molecule has 44 heavy (non-hydrogen) atoms. The van der Waals surface area contributed by atoms with E-state index in [-0.39, 0.29) is 33.4 Å². The lowest BCUT2D eigenvalue weighted by Gasteiger charge is -2.28. The van der Waals surface area contributed by atoms with Crippen LogP contribution in [0.2, 0.25) is 0 Å². The van der Waals surface area contributed by atoms with Crippen molar-refractivity contribution in [3.8, 4) is 33.6 Å². The lowest BCUT2D eigenvalue weighted by molar-refractivity contribution is 0.438. The van der Waals surface area contributed by atoms with Crippen molar-refractivity contribution in [2.24, 2.45) is 11.8 Å². The number of H-pyrrole nitrogens is 2. The fourth-order valence-corrected chi connectivity index (χ4v) is 6.50. The molecule has 4 aromatic rings. The Kier molecular flexibility index (Phi) is 10.8. The Hall–Kier alpha value is -2.60. The van der Waals surface area contributed by atoms with Gasteiger partial charge in [-0.2, -0.15) is 0 Å². The second-order valence-electron chi connectivity index (χ2n) is 14.0. The molecule has 2 aromatic heterocycles. The molecular formula is C34H48N6O2S2. The highest BCUT2D eigenvalue weighted by Crippen LogP contribution is 2.30. The minimum Gasteiger partial charge on any atom is -0.598 e. The number of nitrogens with zero attached hydrogens (tertiary/aromatic N) is 2. The van der Waals surface area contributed by atoms with Crippen LogP contribution in [-0.4, -0.2) is 38.5 Å². The molecule has 0 saturated heterocycles. The fraction of sp³-hybridized carbons (Fsp3) is 0.471. The van der Waals surface area contributed by atoms with Gasteiger partial charge in [-0.3, -0.25) is 0 Å². The fourth-order valence-electron chi connectivity index (χ4n) is 4.57. The Morgan fingerprint density at radius 1 is 0.568 bits per heavy atom. The van der Waals surface area contributed by atoms with Crippen LogP contribution in [0.1, 0.15) is 93.0 Å². The highest BCUT2D eigenvalue weighted by molar-refractivity contribution is 7.91. The van der Waals surface area contributed by atoms with E-state index in [4.69, 9.17) is 0 Å². The molecule has 8 nitrogen and oxygen atoms in total. The standard InChI is InChI=1S/C34H48N6O2S2/c1-21(2)29(39-43(41)33(5,6)7)31-35-19-27(37-31)25-15-11-23(12-16-25)24-13-17-26(18-14-24)28-20-36-32(38-28)30(22(3)4)40-44(42)34(8,9)10/h11-22,29-30,39-40H,1-10H3,(H,35,37)(H,36,38)/t29-,30-,43?,44?/m0/s1. The van der Waals surface area contributed by atoms with Gasteiger partial charge >= 0.3 is 0 Å². The zero-order valence-electron chi connectivity index (χ0n) is 27.6. The molecule has 0 fully saturated rings. The van der Waals surface area contributed by atoms with Gasteiger partial charge in [0.1, 0.15) is 33.2 Å². The van der Waals surface area contributed by atoms with Crippen LogP contribution < -0.4 is 9.44 Å². The van der Waals surface area contributed by atoms with Crippen LogP contribution in [0.3, 0.4) is 0 Å². The zero-order valence-corrected chi connectivity index (χ0v) is 29.2. The number of nitrogens with one attached hydrogen (secondary N) is 4. The van der Waals surface area contributed by atoms with Crippen molar-refractivity contribution in [1.29, 1.82) is 0 Å². The molecular weight excluding hydrogens is 589 g/mol. The van der Waals surface area contributed by atoms with Gasteiger partial charge in [0, 0.05) is 22.7 Å². The van der Waals surface area contributed by atoms with E-state index in [2.05, 4.69) is 106 Å². The molecule has 4 N–H and O–H groups in total. The predicted octanol–water partition coefficient (Wildman–Crippen LogP) is 7.63. The number of benzene rings is 2. The van der Waals surface area contributed by atoms with Gasteiger partial charge in [0.05, 0.1) is 23.8 Å². The average Bonchev–Trinajstić information content (AvgIpc) is 3.64. The van der Waals surface area contributed by atoms with Crippen LogP contribution in [0.5, 0.6) is 0 Å². The van der Waals surface area contributed by atoms with Crippen molar-refractivity contribution in [3.63, 3.8) is 0 Å². The van der Waals surface area contributed by atoms with Gasteiger partial charge in [-0.25, -0.2) is 9.97 Å². The third-order valence-corrected chi connectivity index (χ3v) is 10.6. The summed E-state index contributed by atoms with van der Waals surface area (Å²) in [6, 6.07) is 16.5. The molecule has 0 amide bonds. The summed E-state index contributed by atoms with van der Waals surface area (Å²) >= 11 is -2.40. The third-order valence-electron chi connectivity index (χ3n) is 7.42. The number of aromatic amines is 2. The number of hydrogen-bond donors (Lipinski definition) is 4. The van der Waals surface area contributed by atoms with Crippen molar-refractivity contribution in [2.75, 3.05) is 0 Å². The minimum atomic E-state index is -1.20.